The highest BCUT2D eigenvalue weighted by Crippen LogP contribution is 2.22. The topological polar surface area (TPSA) is 66.0 Å². The highest BCUT2D eigenvalue weighted by atomic mass is 79.9. The van der Waals surface area contributed by atoms with Gasteiger partial charge in [-0.3, -0.25) is 4.79 Å². The fourth-order valence-electron chi connectivity index (χ4n) is 1.32. The zero-order valence-corrected chi connectivity index (χ0v) is 10.3. The van der Waals surface area contributed by atoms with E-state index in [1.54, 1.807) is 30.6 Å². The molecular weight excluding hydrogens is 284 g/mol. The number of carbonyl (C=O) groups is 1. The summed E-state index contributed by atoms with van der Waals surface area (Å²) in [5.41, 5.74) is 0.252. The Labute approximate surface area is 106 Å². The molecule has 86 valence electrons. The molecule has 0 unspecified atom stereocenters. The Kier molecular flexibility index (Phi) is 3.39. The zero-order chi connectivity index (χ0) is 12.3. The summed E-state index contributed by atoms with van der Waals surface area (Å²) in [4.78, 5) is 18.6. The quantitative estimate of drug-likeness (QED) is 0.675. The maximum Gasteiger partial charge on any atom is 0.189 e. The summed E-state index contributed by atoms with van der Waals surface area (Å²) in [6.45, 7) is 0. The number of benzene rings is 1. The minimum Gasteiger partial charge on any atom is -0.507 e. The van der Waals surface area contributed by atoms with Crippen LogP contribution in [0.2, 0.25) is 0 Å². The lowest BCUT2D eigenvalue weighted by Crippen LogP contribution is -1.95. The van der Waals surface area contributed by atoms with Gasteiger partial charge in [-0.1, -0.05) is 15.9 Å². The van der Waals surface area contributed by atoms with Crippen molar-refractivity contribution in [2.24, 2.45) is 0 Å². The molecule has 2 aromatic rings. The number of phenolic OH excluding ortho intramolecular Hbond substituents is 1. The number of carbonyl (C=O) groups excluding carboxylic acids is 1. The first-order valence-corrected chi connectivity index (χ1v) is 5.66. The van der Waals surface area contributed by atoms with Crippen molar-refractivity contribution in [2.45, 2.75) is 0 Å². The van der Waals surface area contributed by atoms with Gasteiger partial charge in [0.05, 0.1) is 5.56 Å². The van der Waals surface area contributed by atoms with Gasteiger partial charge in [0, 0.05) is 16.9 Å². The van der Waals surface area contributed by atoms with Gasteiger partial charge in [0.2, 0.25) is 0 Å². The number of aromatic hydroxyl groups is 1. The molecule has 0 aliphatic carbocycles. The van der Waals surface area contributed by atoms with Crippen LogP contribution in [0.1, 0.15) is 16.2 Å². The second kappa shape index (κ2) is 4.97. The molecule has 1 aromatic heterocycles. The molecule has 4 nitrogen and oxygen atoms in total. The van der Waals surface area contributed by atoms with Crippen LogP contribution in [0, 0.1) is 0 Å². The lowest BCUT2D eigenvalue weighted by molar-refractivity contribution is 0.104. The molecular formula is C12H9BrN2O2. The van der Waals surface area contributed by atoms with E-state index in [0.29, 0.717) is 5.82 Å². The summed E-state index contributed by atoms with van der Waals surface area (Å²) in [5, 5.41) is 9.56. The molecule has 5 heteroatoms. The third kappa shape index (κ3) is 2.82. The number of phenols is 1. The minimum absolute atomic E-state index is 0.0395. The Balaban J connectivity index is 2.23. The number of halogens is 1. The number of nitrogens with zero attached hydrogens (tertiary/aromatic N) is 1. The largest absolute Gasteiger partial charge is 0.507 e. The van der Waals surface area contributed by atoms with Crippen molar-refractivity contribution in [1.29, 1.82) is 0 Å². The Morgan fingerprint density at radius 3 is 3.00 bits per heavy atom. The summed E-state index contributed by atoms with van der Waals surface area (Å²) in [6.07, 6.45) is 6.18. The van der Waals surface area contributed by atoms with E-state index in [9.17, 15) is 9.90 Å². The zero-order valence-electron chi connectivity index (χ0n) is 8.72. The second-order valence-corrected chi connectivity index (χ2v) is 4.25. The molecule has 0 fully saturated rings. The molecule has 0 bridgehead atoms. The van der Waals surface area contributed by atoms with Gasteiger partial charge in [-0.05, 0) is 30.4 Å². The standard InChI is InChI=1S/C12H9BrN2O2/c13-8-1-2-10(16)9(7-8)11(17)3-4-12-14-5-6-15-12/h1-7,16H,(H,14,15)/b4-3+. The van der Waals surface area contributed by atoms with Crippen molar-refractivity contribution in [2.75, 3.05) is 0 Å². The van der Waals surface area contributed by atoms with Crippen LogP contribution < -0.4 is 0 Å². The Morgan fingerprint density at radius 2 is 2.29 bits per heavy atom. The molecule has 2 rings (SSSR count). The molecule has 1 aromatic carbocycles. The molecule has 0 amide bonds. The van der Waals surface area contributed by atoms with Crippen LogP contribution in [0.5, 0.6) is 5.75 Å². The van der Waals surface area contributed by atoms with E-state index < -0.39 is 0 Å². The van der Waals surface area contributed by atoms with Crippen LogP contribution >= 0.6 is 15.9 Å². The molecule has 0 aliphatic heterocycles. The molecule has 0 saturated heterocycles. The third-order valence-corrected chi connectivity index (χ3v) is 2.63. The molecule has 0 saturated carbocycles. The van der Waals surface area contributed by atoms with Gasteiger partial charge in [-0.25, -0.2) is 4.98 Å². The molecule has 1 heterocycles. The molecule has 0 atom stereocenters. The van der Waals surface area contributed by atoms with Crippen LogP contribution in [-0.4, -0.2) is 20.9 Å². The lowest BCUT2D eigenvalue weighted by Gasteiger charge is -2.00. The average molecular weight is 293 g/mol. The number of hydrogen-bond acceptors (Lipinski definition) is 3. The number of aromatic amines is 1. The third-order valence-electron chi connectivity index (χ3n) is 2.14. The monoisotopic (exact) mass is 292 g/mol. The molecule has 0 spiro atoms. The van der Waals surface area contributed by atoms with Crippen molar-refractivity contribution in [3.8, 4) is 5.75 Å². The van der Waals surface area contributed by atoms with Gasteiger partial charge in [0.1, 0.15) is 11.6 Å². The molecule has 0 radical (unpaired) electrons. The van der Waals surface area contributed by atoms with Crippen molar-refractivity contribution < 1.29 is 9.90 Å². The highest BCUT2D eigenvalue weighted by Gasteiger charge is 2.08. The van der Waals surface area contributed by atoms with E-state index in [2.05, 4.69) is 25.9 Å². The number of nitrogens with one attached hydrogen (secondary N) is 1. The number of rotatable bonds is 3. The smallest absolute Gasteiger partial charge is 0.189 e. The fraction of sp³-hybridized carbons (Fsp3) is 0. The van der Waals surface area contributed by atoms with E-state index in [1.807, 2.05) is 0 Å². The van der Waals surface area contributed by atoms with Gasteiger partial charge in [0.25, 0.3) is 0 Å². The number of allylic oxidation sites excluding steroid dienone is 1. The highest BCUT2D eigenvalue weighted by molar-refractivity contribution is 9.10. The first-order valence-electron chi connectivity index (χ1n) is 4.87. The summed E-state index contributed by atoms with van der Waals surface area (Å²) in [5.74, 6) is 0.273. The van der Waals surface area contributed by atoms with E-state index in [1.165, 1.54) is 12.1 Å². The normalized spacial score (nSPS) is 10.9. The van der Waals surface area contributed by atoms with Crippen molar-refractivity contribution in [3.05, 3.63) is 52.5 Å². The van der Waals surface area contributed by atoms with E-state index >= 15 is 0 Å². The number of aromatic nitrogens is 2. The molecule has 0 aliphatic rings. The maximum absolute atomic E-state index is 11.8. The van der Waals surface area contributed by atoms with Crippen LogP contribution in [0.15, 0.2) is 41.1 Å². The van der Waals surface area contributed by atoms with Gasteiger partial charge in [-0.15, -0.1) is 0 Å². The maximum atomic E-state index is 11.8. The number of H-pyrrole nitrogens is 1. The Hall–Kier alpha value is -1.88. The van der Waals surface area contributed by atoms with Gasteiger partial charge in [-0.2, -0.15) is 0 Å². The van der Waals surface area contributed by atoms with Crippen LogP contribution in [0.25, 0.3) is 6.08 Å². The van der Waals surface area contributed by atoms with E-state index in [-0.39, 0.29) is 17.1 Å². The van der Waals surface area contributed by atoms with Crippen molar-refractivity contribution in [3.63, 3.8) is 0 Å². The molecule has 17 heavy (non-hydrogen) atoms. The summed E-state index contributed by atoms with van der Waals surface area (Å²) in [7, 11) is 0. The van der Waals surface area contributed by atoms with E-state index in [0.717, 1.165) is 4.47 Å². The van der Waals surface area contributed by atoms with Gasteiger partial charge in [0.15, 0.2) is 5.78 Å². The van der Waals surface area contributed by atoms with Crippen LogP contribution in [0.3, 0.4) is 0 Å². The average Bonchev–Trinajstić information content (AvgIpc) is 2.82. The second-order valence-electron chi connectivity index (χ2n) is 3.33. The first-order chi connectivity index (χ1) is 8.16. The van der Waals surface area contributed by atoms with Crippen molar-refractivity contribution in [1.82, 2.24) is 9.97 Å². The minimum atomic E-state index is -0.278. The number of hydrogen-bond donors (Lipinski definition) is 2. The summed E-state index contributed by atoms with van der Waals surface area (Å²) in [6, 6.07) is 4.71. The van der Waals surface area contributed by atoms with Crippen LogP contribution in [-0.2, 0) is 0 Å². The number of ketones is 1. The fourth-order valence-corrected chi connectivity index (χ4v) is 1.68. The van der Waals surface area contributed by atoms with E-state index in [4.69, 9.17) is 0 Å². The number of imidazole rings is 1. The predicted octanol–water partition coefficient (Wildman–Crippen LogP) is 2.77. The molecule has 2 N–H and O–H groups in total. The Bertz CT molecular complexity index is 562. The predicted molar refractivity (Wildman–Crippen MR) is 67.8 cm³/mol. The summed E-state index contributed by atoms with van der Waals surface area (Å²) >= 11 is 3.25. The lowest BCUT2D eigenvalue weighted by atomic mass is 10.1. The first kappa shape index (κ1) is 11.6. The SMILES string of the molecule is O=C(/C=C/c1ncc[nH]1)c1cc(Br)ccc1O. The van der Waals surface area contributed by atoms with Gasteiger partial charge >= 0.3 is 0 Å². The van der Waals surface area contributed by atoms with Crippen LogP contribution in [0.4, 0.5) is 0 Å². The van der Waals surface area contributed by atoms with Gasteiger partial charge < -0.3 is 10.1 Å². The Morgan fingerprint density at radius 1 is 1.47 bits per heavy atom. The summed E-state index contributed by atoms with van der Waals surface area (Å²) < 4.78 is 0.741. The van der Waals surface area contributed by atoms with Crippen molar-refractivity contribution >= 4 is 27.8 Å².